The van der Waals surface area contributed by atoms with Crippen LogP contribution in [0.1, 0.15) is 31.4 Å². The lowest BCUT2D eigenvalue weighted by Gasteiger charge is -2.31. The first-order chi connectivity index (χ1) is 7.22. The first-order valence-electron chi connectivity index (χ1n) is 5.61. The Labute approximate surface area is 96.0 Å². The van der Waals surface area contributed by atoms with E-state index in [1.165, 1.54) is 38.2 Å². The van der Waals surface area contributed by atoms with Crippen LogP contribution in [0.15, 0.2) is 6.20 Å². The fourth-order valence-corrected chi connectivity index (χ4v) is 2.47. The molecule has 1 saturated heterocycles. The van der Waals surface area contributed by atoms with Crippen LogP contribution in [0.4, 0.5) is 0 Å². The summed E-state index contributed by atoms with van der Waals surface area (Å²) in [4.78, 5) is 6.64. The van der Waals surface area contributed by atoms with Crippen molar-refractivity contribution in [1.29, 1.82) is 0 Å². The van der Waals surface area contributed by atoms with Crippen molar-refractivity contribution in [2.45, 2.75) is 25.7 Å². The van der Waals surface area contributed by atoms with Gasteiger partial charge in [-0.2, -0.15) is 0 Å². The zero-order valence-corrected chi connectivity index (χ0v) is 10.2. The third-order valence-electron chi connectivity index (χ3n) is 3.42. The van der Waals surface area contributed by atoms with Crippen LogP contribution in [-0.2, 0) is 7.05 Å². The van der Waals surface area contributed by atoms with Crippen molar-refractivity contribution in [3.8, 4) is 0 Å². The molecule has 84 valence electrons. The minimum Gasteiger partial charge on any atom is -0.322 e. The van der Waals surface area contributed by atoms with Crippen LogP contribution in [0.5, 0.6) is 0 Å². The predicted octanol–water partition coefficient (Wildman–Crippen LogP) is 2.27. The lowest BCUT2D eigenvalue weighted by molar-refractivity contribution is 0.219. The van der Waals surface area contributed by atoms with E-state index in [-0.39, 0.29) is 0 Å². The SMILES string of the molecule is CCN1CCC(c2cnc(Cl)n2C)CC1. The van der Waals surface area contributed by atoms with Crippen LogP contribution >= 0.6 is 11.6 Å². The third kappa shape index (κ3) is 2.18. The first kappa shape index (κ1) is 11.0. The first-order valence-corrected chi connectivity index (χ1v) is 5.99. The molecule has 0 aromatic carbocycles. The largest absolute Gasteiger partial charge is 0.322 e. The Hall–Kier alpha value is -0.540. The summed E-state index contributed by atoms with van der Waals surface area (Å²) in [6, 6.07) is 0. The predicted molar refractivity (Wildman–Crippen MR) is 62.3 cm³/mol. The van der Waals surface area contributed by atoms with Crippen LogP contribution in [0.25, 0.3) is 0 Å². The molecule has 2 rings (SSSR count). The second-order valence-corrected chi connectivity index (χ2v) is 4.56. The highest BCUT2D eigenvalue weighted by Gasteiger charge is 2.22. The second-order valence-electron chi connectivity index (χ2n) is 4.22. The van der Waals surface area contributed by atoms with E-state index < -0.39 is 0 Å². The summed E-state index contributed by atoms with van der Waals surface area (Å²) in [5.74, 6) is 0.637. The number of aromatic nitrogens is 2. The van der Waals surface area contributed by atoms with Crippen LogP contribution in [-0.4, -0.2) is 34.1 Å². The molecule has 0 amide bonds. The van der Waals surface area contributed by atoms with Crippen molar-refractivity contribution in [2.75, 3.05) is 19.6 Å². The molecule has 3 nitrogen and oxygen atoms in total. The van der Waals surface area contributed by atoms with Gasteiger partial charge in [-0.3, -0.25) is 0 Å². The Morgan fingerprint density at radius 2 is 2.13 bits per heavy atom. The van der Waals surface area contributed by atoms with Crippen LogP contribution in [0.3, 0.4) is 0 Å². The minimum atomic E-state index is 0.600. The van der Waals surface area contributed by atoms with E-state index in [2.05, 4.69) is 16.8 Å². The molecule has 4 heteroatoms. The number of halogens is 1. The lowest BCUT2D eigenvalue weighted by atomic mass is 9.94. The quantitative estimate of drug-likeness (QED) is 0.773. The van der Waals surface area contributed by atoms with Crippen molar-refractivity contribution in [3.05, 3.63) is 17.2 Å². The van der Waals surface area contributed by atoms with Crippen LogP contribution in [0, 0.1) is 0 Å². The maximum atomic E-state index is 5.95. The number of imidazole rings is 1. The van der Waals surface area contributed by atoms with Gasteiger partial charge in [0.2, 0.25) is 5.28 Å². The van der Waals surface area contributed by atoms with E-state index in [1.807, 2.05) is 17.8 Å². The van der Waals surface area contributed by atoms with Gasteiger partial charge in [0.1, 0.15) is 0 Å². The summed E-state index contributed by atoms with van der Waals surface area (Å²) in [5, 5.41) is 0.600. The fourth-order valence-electron chi connectivity index (χ4n) is 2.32. The normalized spacial score (nSPS) is 19.7. The number of piperidine rings is 1. The molecule has 0 spiro atoms. The molecule has 0 saturated carbocycles. The average molecular weight is 228 g/mol. The molecule has 0 bridgehead atoms. The zero-order chi connectivity index (χ0) is 10.8. The molecule has 1 aliphatic heterocycles. The monoisotopic (exact) mass is 227 g/mol. The Balaban J connectivity index is 2.04. The number of likely N-dealkylation sites (tertiary alicyclic amines) is 1. The number of rotatable bonds is 2. The molecule has 0 N–H and O–H groups in total. The third-order valence-corrected chi connectivity index (χ3v) is 3.77. The summed E-state index contributed by atoms with van der Waals surface area (Å²) in [7, 11) is 2.00. The van der Waals surface area contributed by atoms with Crippen molar-refractivity contribution < 1.29 is 0 Å². The molecule has 0 unspecified atom stereocenters. The fraction of sp³-hybridized carbons (Fsp3) is 0.727. The molecular weight excluding hydrogens is 210 g/mol. The van der Waals surface area contributed by atoms with Gasteiger partial charge in [0.05, 0.1) is 6.20 Å². The number of hydrogen-bond acceptors (Lipinski definition) is 2. The summed E-state index contributed by atoms with van der Waals surface area (Å²) in [6.07, 6.45) is 4.38. The molecule has 1 aliphatic rings. The summed E-state index contributed by atoms with van der Waals surface area (Å²) in [6.45, 7) is 5.79. The molecule has 2 heterocycles. The molecule has 0 atom stereocenters. The van der Waals surface area contributed by atoms with Crippen LogP contribution in [0.2, 0.25) is 5.28 Å². The van der Waals surface area contributed by atoms with E-state index in [4.69, 9.17) is 11.6 Å². The highest BCUT2D eigenvalue weighted by molar-refractivity contribution is 6.28. The highest BCUT2D eigenvalue weighted by Crippen LogP contribution is 2.28. The van der Waals surface area contributed by atoms with Gasteiger partial charge in [-0.15, -0.1) is 0 Å². The number of nitrogens with zero attached hydrogens (tertiary/aromatic N) is 3. The Kier molecular flexibility index (Phi) is 3.32. The topological polar surface area (TPSA) is 21.1 Å². The molecule has 15 heavy (non-hydrogen) atoms. The summed E-state index contributed by atoms with van der Waals surface area (Å²) < 4.78 is 2.01. The zero-order valence-electron chi connectivity index (χ0n) is 9.41. The highest BCUT2D eigenvalue weighted by atomic mass is 35.5. The number of hydrogen-bond donors (Lipinski definition) is 0. The Morgan fingerprint density at radius 1 is 1.47 bits per heavy atom. The summed E-state index contributed by atoms with van der Waals surface area (Å²) in [5.41, 5.74) is 1.29. The van der Waals surface area contributed by atoms with Gasteiger partial charge in [0.25, 0.3) is 0 Å². The van der Waals surface area contributed by atoms with Gasteiger partial charge >= 0.3 is 0 Å². The lowest BCUT2D eigenvalue weighted by Crippen LogP contribution is -2.33. The van der Waals surface area contributed by atoms with E-state index in [0.717, 1.165) is 0 Å². The molecule has 0 radical (unpaired) electrons. The minimum absolute atomic E-state index is 0.600. The molecule has 1 fully saturated rings. The Bertz CT molecular complexity index is 327. The Morgan fingerprint density at radius 3 is 2.60 bits per heavy atom. The van der Waals surface area contributed by atoms with E-state index in [9.17, 15) is 0 Å². The van der Waals surface area contributed by atoms with E-state index in [1.54, 1.807) is 0 Å². The smallest absolute Gasteiger partial charge is 0.202 e. The molecule has 1 aromatic rings. The van der Waals surface area contributed by atoms with Gasteiger partial charge in [0, 0.05) is 18.7 Å². The van der Waals surface area contributed by atoms with E-state index >= 15 is 0 Å². The molecule has 1 aromatic heterocycles. The van der Waals surface area contributed by atoms with Crippen molar-refractivity contribution in [2.24, 2.45) is 7.05 Å². The van der Waals surface area contributed by atoms with Gasteiger partial charge in [0.15, 0.2) is 0 Å². The van der Waals surface area contributed by atoms with E-state index in [0.29, 0.717) is 11.2 Å². The van der Waals surface area contributed by atoms with Gasteiger partial charge in [-0.1, -0.05) is 6.92 Å². The maximum Gasteiger partial charge on any atom is 0.202 e. The summed E-state index contributed by atoms with van der Waals surface area (Å²) >= 11 is 5.95. The van der Waals surface area contributed by atoms with Crippen molar-refractivity contribution in [3.63, 3.8) is 0 Å². The van der Waals surface area contributed by atoms with Crippen LogP contribution < -0.4 is 0 Å². The second kappa shape index (κ2) is 4.54. The average Bonchev–Trinajstić information content (AvgIpc) is 2.60. The van der Waals surface area contributed by atoms with Crippen molar-refractivity contribution in [1.82, 2.24) is 14.5 Å². The van der Waals surface area contributed by atoms with Gasteiger partial charge in [-0.25, -0.2) is 4.98 Å². The standard InChI is InChI=1S/C11H18ClN3/c1-3-15-6-4-9(5-7-15)10-8-13-11(12)14(10)2/h8-9H,3-7H2,1-2H3. The van der Waals surface area contributed by atoms with Crippen molar-refractivity contribution >= 4 is 11.6 Å². The maximum absolute atomic E-state index is 5.95. The molecule has 0 aliphatic carbocycles. The molecular formula is C11H18ClN3. The van der Waals surface area contributed by atoms with Gasteiger partial charge in [-0.05, 0) is 44.1 Å². The van der Waals surface area contributed by atoms with Gasteiger partial charge < -0.3 is 9.47 Å².